The number of carbonyl (C=O) groups is 1. The zero-order valence-electron chi connectivity index (χ0n) is 24.9. The highest BCUT2D eigenvalue weighted by Crippen LogP contribution is 2.44. The van der Waals surface area contributed by atoms with Gasteiger partial charge in [0, 0.05) is 26.1 Å². The van der Waals surface area contributed by atoms with Gasteiger partial charge in [-0.05, 0) is 28.7 Å². The molecule has 40 heavy (non-hydrogen) atoms. The van der Waals surface area contributed by atoms with Gasteiger partial charge in [0.2, 0.25) is 0 Å². The number of hydrogen-bond donors (Lipinski definition) is 0. The Morgan fingerprint density at radius 1 is 0.650 bits per heavy atom. The van der Waals surface area contributed by atoms with Crippen molar-refractivity contribution >= 4 is 6.09 Å². The predicted molar refractivity (Wildman–Crippen MR) is 162 cm³/mol. The molecule has 0 aliphatic heterocycles. The number of unbranched alkanes of at least 4 members (excludes halogenated alkanes) is 9. The molecule has 6 nitrogen and oxygen atoms in total. The quantitative estimate of drug-likeness (QED) is 0.139. The Morgan fingerprint density at radius 3 is 1.70 bits per heavy atom. The van der Waals surface area contributed by atoms with Gasteiger partial charge in [-0.3, -0.25) is 0 Å². The minimum Gasteiger partial charge on any atom is -0.448 e. The third kappa shape index (κ3) is 11.2. The van der Waals surface area contributed by atoms with Crippen LogP contribution in [0.4, 0.5) is 4.79 Å². The number of amides is 1. The fourth-order valence-electron chi connectivity index (χ4n) is 5.23. The van der Waals surface area contributed by atoms with Crippen molar-refractivity contribution in [3.63, 3.8) is 0 Å². The third-order valence-corrected chi connectivity index (χ3v) is 7.61. The van der Waals surface area contributed by atoms with Crippen molar-refractivity contribution in [2.24, 2.45) is 0 Å². The van der Waals surface area contributed by atoms with E-state index in [1.165, 1.54) is 80.0 Å². The van der Waals surface area contributed by atoms with Crippen molar-refractivity contribution < 1.29 is 23.7 Å². The van der Waals surface area contributed by atoms with E-state index in [-0.39, 0.29) is 12.0 Å². The standard InChI is InChI=1S/C34H51NO5/c1-3-4-5-6-7-8-9-10-11-16-22-37-24-26-39-27-25-38-23-21-35(2)34(36)40-28-33-31-19-14-12-17-29(31)30-18-13-15-20-32(30)33/h12-15,17-20,33H,3-11,16,21-28H2,1-2H3. The van der Waals surface area contributed by atoms with Crippen LogP contribution in [0.2, 0.25) is 0 Å². The Morgan fingerprint density at radius 2 is 1.12 bits per heavy atom. The molecule has 3 rings (SSSR count). The van der Waals surface area contributed by atoms with Gasteiger partial charge in [-0.15, -0.1) is 0 Å². The van der Waals surface area contributed by atoms with Crippen LogP contribution in [0.25, 0.3) is 11.1 Å². The highest BCUT2D eigenvalue weighted by atomic mass is 16.6. The summed E-state index contributed by atoms with van der Waals surface area (Å²) >= 11 is 0. The third-order valence-electron chi connectivity index (χ3n) is 7.61. The van der Waals surface area contributed by atoms with Crippen molar-refractivity contribution in [3.8, 4) is 11.1 Å². The lowest BCUT2D eigenvalue weighted by Crippen LogP contribution is -2.32. The summed E-state index contributed by atoms with van der Waals surface area (Å²) in [6.45, 7) is 6.56. The molecule has 0 atom stereocenters. The molecule has 0 radical (unpaired) electrons. The largest absolute Gasteiger partial charge is 0.448 e. The maximum absolute atomic E-state index is 12.6. The first-order valence-electron chi connectivity index (χ1n) is 15.5. The molecule has 1 amide bonds. The van der Waals surface area contributed by atoms with Crippen LogP contribution in [0.5, 0.6) is 0 Å². The van der Waals surface area contributed by atoms with Gasteiger partial charge in [0.1, 0.15) is 6.61 Å². The van der Waals surface area contributed by atoms with Crippen LogP contribution in [0.15, 0.2) is 48.5 Å². The molecule has 222 valence electrons. The van der Waals surface area contributed by atoms with Crippen LogP contribution < -0.4 is 0 Å². The Bertz CT molecular complexity index is 919. The molecular formula is C34H51NO5. The number of hydrogen-bond acceptors (Lipinski definition) is 5. The molecule has 6 heteroatoms. The van der Waals surface area contributed by atoms with Crippen LogP contribution >= 0.6 is 0 Å². The van der Waals surface area contributed by atoms with Crippen LogP contribution in [0.1, 0.15) is 88.2 Å². The summed E-state index contributed by atoms with van der Waals surface area (Å²) in [6.07, 6.45) is 13.0. The Kier molecular flexibility index (Phi) is 15.8. The smallest absolute Gasteiger partial charge is 0.409 e. The molecule has 0 spiro atoms. The van der Waals surface area contributed by atoms with Crippen molar-refractivity contribution in [3.05, 3.63) is 59.7 Å². The van der Waals surface area contributed by atoms with E-state index < -0.39 is 0 Å². The van der Waals surface area contributed by atoms with E-state index in [2.05, 4.69) is 43.3 Å². The second-order valence-electron chi connectivity index (χ2n) is 10.7. The second kappa shape index (κ2) is 19.6. The molecule has 0 N–H and O–H groups in total. The van der Waals surface area contributed by atoms with E-state index in [4.69, 9.17) is 18.9 Å². The van der Waals surface area contributed by atoms with Crippen molar-refractivity contribution in [1.29, 1.82) is 0 Å². The molecule has 1 aliphatic carbocycles. The minimum atomic E-state index is -0.332. The van der Waals surface area contributed by atoms with E-state index in [9.17, 15) is 4.79 Å². The molecule has 0 heterocycles. The van der Waals surface area contributed by atoms with E-state index in [1.807, 2.05) is 12.1 Å². The summed E-state index contributed by atoms with van der Waals surface area (Å²) in [5, 5.41) is 0. The second-order valence-corrected chi connectivity index (χ2v) is 10.7. The summed E-state index contributed by atoms with van der Waals surface area (Å²) < 4.78 is 22.6. The van der Waals surface area contributed by atoms with Crippen molar-refractivity contribution in [2.75, 3.05) is 59.8 Å². The number of likely N-dealkylation sites (N-methyl/N-ethyl adjacent to an activating group) is 1. The summed E-state index contributed by atoms with van der Waals surface area (Å²) in [5.41, 5.74) is 4.88. The summed E-state index contributed by atoms with van der Waals surface area (Å²) in [4.78, 5) is 14.1. The molecule has 0 saturated carbocycles. The number of rotatable bonds is 22. The lowest BCUT2D eigenvalue weighted by molar-refractivity contribution is 0.0105. The minimum absolute atomic E-state index is 0.0667. The average molecular weight is 554 g/mol. The molecule has 2 aromatic rings. The molecule has 0 fully saturated rings. The van der Waals surface area contributed by atoms with E-state index in [0.29, 0.717) is 46.2 Å². The van der Waals surface area contributed by atoms with E-state index in [0.717, 1.165) is 13.0 Å². The van der Waals surface area contributed by atoms with Gasteiger partial charge in [0.05, 0.1) is 33.0 Å². The molecular weight excluding hydrogens is 502 g/mol. The number of nitrogens with zero attached hydrogens (tertiary/aromatic N) is 1. The van der Waals surface area contributed by atoms with Crippen LogP contribution in [0.3, 0.4) is 0 Å². The van der Waals surface area contributed by atoms with Gasteiger partial charge in [0.25, 0.3) is 0 Å². The zero-order chi connectivity index (χ0) is 28.3. The van der Waals surface area contributed by atoms with Gasteiger partial charge in [-0.1, -0.05) is 113 Å². The summed E-state index contributed by atoms with van der Waals surface area (Å²) in [5.74, 6) is 0.0667. The van der Waals surface area contributed by atoms with Crippen LogP contribution in [0, 0.1) is 0 Å². The fraction of sp³-hybridized carbons (Fsp3) is 0.618. The molecule has 2 aromatic carbocycles. The first kappa shape index (κ1) is 32.1. The molecule has 1 aliphatic rings. The lowest BCUT2D eigenvalue weighted by atomic mass is 9.98. The maximum Gasteiger partial charge on any atom is 0.409 e. The molecule has 0 bridgehead atoms. The highest BCUT2D eigenvalue weighted by Gasteiger charge is 2.29. The first-order chi connectivity index (χ1) is 19.7. The zero-order valence-corrected chi connectivity index (χ0v) is 24.9. The van der Waals surface area contributed by atoms with Crippen molar-refractivity contribution in [2.45, 2.75) is 77.0 Å². The molecule has 0 saturated heterocycles. The maximum atomic E-state index is 12.6. The Hall–Kier alpha value is -2.41. The topological polar surface area (TPSA) is 57.2 Å². The van der Waals surface area contributed by atoms with Crippen LogP contribution in [-0.2, 0) is 18.9 Å². The van der Waals surface area contributed by atoms with Gasteiger partial charge in [-0.25, -0.2) is 4.79 Å². The number of fused-ring (bicyclic) bond motifs is 3. The summed E-state index contributed by atoms with van der Waals surface area (Å²) in [7, 11) is 1.74. The van der Waals surface area contributed by atoms with E-state index in [1.54, 1.807) is 11.9 Å². The fourth-order valence-corrected chi connectivity index (χ4v) is 5.23. The summed E-state index contributed by atoms with van der Waals surface area (Å²) in [6, 6.07) is 16.7. The van der Waals surface area contributed by atoms with Gasteiger partial charge >= 0.3 is 6.09 Å². The predicted octanol–water partition coefficient (Wildman–Crippen LogP) is 7.84. The number of carbonyl (C=O) groups excluding carboxylic acids is 1. The van der Waals surface area contributed by atoms with Crippen molar-refractivity contribution in [1.82, 2.24) is 4.90 Å². The highest BCUT2D eigenvalue weighted by molar-refractivity contribution is 5.79. The monoisotopic (exact) mass is 553 g/mol. The first-order valence-corrected chi connectivity index (χ1v) is 15.5. The number of benzene rings is 2. The SMILES string of the molecule is CCCCCCCCCCCCOCCOCCOCCN(C)C(=O)OCC1c2ccccc2-c2ccccc21. The van der Waals surface area contributed by atoms with E-state index >= 15 is 0 Å². The number of ether oxygens (including phenoxy) is 4. The normalized spacial score (nSPS) is 12.3. The Labute approximate surface area is 242 Å². The van der Waals surface area contributed by atoms with Gasteiger partial charge in [-0.2, -0.15) is 0 Å². The molecule has 0 unspecified atom stereocenters. The Balaban J connectivity index is 1.12. The molecule has 0 aromatic heterocycles. The average Bonchev–Trinajstić information content (AvgIpc) is 3.30. The van der Waals surface area contributed by atoms with Gasteiger partial charge < -0.3 is 23.8 Å². The lowest BCUT2D eigenvalue weighted by Gasteiger charge is -2.19. The van der Waals surface area contributed by atoms with Gasteiger partial charge in [0.15, 0.2) is 0 Å². The van der Waals surface area contributed by atoms with Crippen LogP contribution in [-0.4, -0.2) is 70.8 Å².